The first-order valence-electron chi connectivity index (χ1n) is 12.7. The summed E-state index contributed by atoms with van der Waals surface area (Å²) in [7, 11) is -3.66. The molecule has 2 fully saturated rings. The van der Waals surface area contributed by atoms with Gasteiger partial charge in [-0.3, -0.25) is 9.69 Å². The van der Waals surface area contributed by atoms with E-state index in [0.29, 0.717) is 37.7 Å². The molecular weight excluding hydrogens is 494 g/mol. The number of nitrogens with zero attached hydrogens (tertiary/aromatic N) is 3. The second-order valence-electron chi connectivity index (χ2n) is 9.75. The molecule has 2 aromatic carbocycles. The van der Waals surface area contributed by atoms with Crippen LogP contribution in [0.15, 0.2) is 47.4 Å². The molecule has 7 nitrogen and oxygen atoms in total. The zero-order valence-electron chi connectivity index (χ0n) is 20.9. The molecule has 0 aliphatic carbocycles. The van der Waals surface area contributed by atoms with Gasteiger partial charge in [0.1, 0.15) is 0 Å². The van der Waals surface area contributed by atoms with Gasteiger partial charge in [-0.1, -0.05) is 42.0 Å². The molecule has 2 atom stereocenters. The summed E-state index contributed by atoms with van der Waals surface area (Å²) in [6, 6.07) is 13.1. The van der Waals surface area contributed by atoms with Crippen molar-refractivity contribution in [3.05, 3.63) is 53.6 Å². The lowest BCUT2D eigenvalue weighted by atomic mass is 9.98. The van der Waals surface area contributed by atoms with Crippen molar-refractivity contribution in [2.24, 2.45) is 5.92 Å². The summed E-state index contributed by atoms with van der Waals surface area (Å²) in [5.41, 5.74) is 3.12. The van der Waals surface area contributed by atoms with E-state index in [1.165, 1.54) is 21.2 Å². The van der Waals surface area contributed by atoms with Gasteiger partial charge in [-0.05, 0) is 68.9 Å². The average Bonchev–Trinajstić information content (AvgIpc) is 3.56. The van der Waals surface area contributed by atoms with Crippen molar-refractivity contribution < 1.29 is 17.9 Å². The van der Waals surface area contributed by atoms with E-state index >= 15 is 0 Å². The van der Waals surface area contributed by atoms with Gasteiger partial charge < -0.3 is 4.74 Å². The number of thiazole rings is 1. The largest absolute Gasteiger partial charge is 0.376 e. The fourth-order valence-corrected chi connectivity index (χ4v) is 7.56. The lowest BCUT2D eigenvalue weighted by Crippen LogP contribution is -2.48. The van der Waals surface area contributed by atoms with Crippen LogP contribution < -0.4 is 4.90 Å². The quantitative estimate of drug-likeness (QED) is 0.442. The normalized spacial score (nSPS) is 21.2. The number of aryl methyl sites for hydroxylation is 2. The van der Waals surface area contributed by atoms with Crippen LogP contribution in [0.5, 0.6) is 0 Å². The second kappa shape index (κ2) is 10.6. The number of carbonyl (C=O) groups is 1. The lowest BCUT2D eigenvalue weighted by molar-refractivity contribution is -0.123. The van der Waals surface area contributed by atoms with E-state index in [1.807, 2.05) is 13.0 Å². The van der Waals surface area contributed by atoms with E-state index in [4.69, 9.17) is 9.72 Å². The van der Waals surface area contributed by atoms with E-state index < -0.39 is 15.9 Å². The Kier molecular flexibility index (Phi) is 7.44. The van der Waals surface area contributed by atoms with Crippen molar-refractivity contribution in [1.29, 1.82) is 0 Å². The van der Waals surface area contributed by atoms with Crippen molar-refractivity contribution in [3.63, 3.8) is 0 Å². The standard InChI is InChI=1S/C27H33N3O4S2/c1-3-20-10-13-24-25(16-20)35-27(28-24)30(18-22-7-5-15-34-22)26(31)21-6-4-14-29(17-21)36(32,33)23-11-8-19(2)9-12-23/h8-13,16,21-22H,3-7,14-15,17-18H2,1-2H3. The first kappa shape index (κ1) is 25.3. The molecule has 36 heavy (non-hydrogen) atoms. The summed E-state index contributed by atoms with van der Waals surface area (Å²) >= 11 is 1.52. The summed E-state index contributed by atoms with van der Waals surface area (Å²) in [5, 5.41) is 0.664. The lowest BCUT2D eigenvalue weighted by Gasteiger charge is -2.34. The molecule has 0 spiro atoms. The Bertz CT molecular complexity index is 1330. The molecule has 2 aliphatic rings. The number of carbonyl (C=O) groups excluding carboxylic acids is 1. The molecule has 9 heteroatoms. The number of sulfonamides is 1. The summed E-state index contributed by atoms with van der Waals surface area (Å²) < 4.78 is 35.1. The molecular formula is C27H33N3O4S2. The van der Waals surface area contributed by atoms with E-state index in [-0.39, 0.29) is 23.5 Å². The van der Waals surface area contributed by atoms with Gasteiger partial charge in [-0.15, -0.1) is 0 Å². The maximum Gasteiger partial charge on any atom is 0.243 e. The van der Waals surface area contributed by atoms with Gasteiger partial charge in [-0.25, -0.2) is 13.4 Å². The number of hydrogen-bond acceptors (Lipinski definition) is 6. The topological polar surface area (TPSA) is 79.8 Å². The molecule has 5 rings (SSSR count). The third kappa shape index (κ3) is 5.20. The van der Waals surface area contributed by atoms with Crippen LogP contribution in [0.4, 0.5) is 5.13 Å². The number of fused-ring (bicyclic) bond motifs is 1. The smallest absolute Gasteiger partial charge is 0.243 e. The van der Waals surface area contributed by atoms with Crippen LogP contribution in [0, 0.1) is 12.8 Å². The molecule has 0 saturated carbocycles. The minimum Gasteiger partial charge on any atom is -0.376 e. The number of anilines is 1. The van der Waals surface area contributed by atoms with Gasteiger partial charge in [-0.2, -0.15) is 4.31 Å². The van der Waals surface area contributed by atoms with Gasteiger partial charge in [0.2, 0.25) is 15.9 Å². The van der Waals surface area contributed by atoms with Gasteiger partial charge in [0.25, 0.3) is 0 Å². The molecule has 0 radical (unpaired) electrons. The van der Waals surface area contributed by atoms with Crippen molar-refractivity contribution in [1.82, 2.24) is 9.29 Å². The van der Waals surface area contributed by atoms with Crippen LogP contribution >= 0.6 is 11.3 Å². The number of rotatable bonds is 7. The van der Waals surface area contributed by atoms with Gasteiger partial charge >= 0.3 is 0 Å². The minimum absolute atomic E-state index is 0.0249. The van der Waals surface area contributed by atoms with Crippen LogP contribution in [0.2, 0.25) is 0 Å². The zero-order valence-corrected chi connectivity index (χ0v) is 22.5. The molecule has 192 valence electrons. The Morgan fingerprint density at radius 1 is 1.17 bits per heavy atom. The number of piperidine rings is 1. The van der Waals surface area contributed by atoms with Gasteiger partial charge in [0.05, 0.1) is 33.7 Å². The Morgan fingerprint density at radius 3 is 2.69 bits per heavy atom. The maximum absolute atomic E-state index is 14.0. The Morgan fingerprint density at radius 2 is 1.97 bits per heavy atom. The van der Waals surface area contributed by atoms with Gasteiger partial charge in [0, 0.05) is 19.7 Å². The van der Waals surface area contributed by atoms with Crippen molar-refractivity contribution in [2.45, 2.75) is 57.0 Å². The second-order valence-corrected chi connectivity index (χ2v) is 12.7. The molecule has 1 amide bonds. The van der Waals surface area contributed by atoms with E-state index in [1.54, 1.807) is 29.2 Å². The SMILES string of the molecule is CCc1ccc2nc(N(CC3CCCO3)C(=O)C3CCCN(S(=O)(=O)c4ccc(C)cc4)C3)sc2c1. The summed E-state index contributed by atoms with van der Waals surface area (Å²) in [6.45, 7) is 5.81. The highest BCUT2D eigenvalue weighted by Gasteiger charge is 2.37. The first-order chi connectivity index (χ1) is 17.3. The third-order valence-corrected chi connectivity index (χ3v) is 10.1. The third-order valence-electron chi connectivity index (χ3n) is 7.15. The molecule has 2 saturated heterocycles. The van der Waals surface area contributed by atoms with Crippen LogP contribution in [-0.2, 0) is 26.0 Å². The van der Waals surface area contributed by atoms with E-state index in [9.17, 15) is 13.2 Å². The summed E-state index contributed by atoms with van der Waals surface area (Å²) in [5.74, 6) is -0.484. The number of amides is 1. The number of aromatic nitrogens is 1. The first-order valence-corrected chi connectivity index (χ1v) is 15.0. The fourth-order valence-electron chi connectivity index (χ4n) is 4.99. The van der Waals surface area contributed by atoms with Gasteiger partial charge in [0.15, 0.2) is 5.13 Å². The Balaban J connectivity index is 1.41. The molecule has 0 N–H and O–H groups in total. The molecule has 2 aliphatic heterocycles. The van der Waals surface area contributed by atoms with Crippen LogP contribution in [0.1, 0.15) is 43.7 Å². The summed E-state index contributed by atoms with van der Waals surface area (Å²) in [4.78, 5) is 20.8. The maximum atomic E-state index is 14.0. The van der Waals surface area contributed by atoms with Crippen molar-refractivity contribution >= 4 is 42.6 Å². The van der Waals surface area contributed by atoms with Crippen molar-refractivity contribution in [3.8, 4) is 0 Å². The van der Waals surface area contributed by atoms with Crippen LogP contribution in [-0.4, -0.2) is 56.0 Å². The van der Waals surface area contributed by atoms with Crippen LogP contribution in [0.3, 0.4) is 0 Å². The summed E-state index contributed by atoms with van der Waals surface area (Å²) in [6.07, 6.45) is 4.12. The Hall–Kier alpha value is -2.33. The Labute approximate surface area is 217 Å². The minimum atomic E-state index is -3.66. The van der Waals surface area contributed by atoms with Crippen molar-refractivity contribution in [2.75, 3.05) is 31.1 Å². The fraction of sp³-hybridized carbons (Fsp3) is 0.481. The van der Waals surface area contributed by atoms with E-state index in [2.05, 4.69) is 19.1 Å². The molecule has 3 aromatic rings. The number of benzene rings is 2. The predicted octanol–water partition coefficient (Wildman–Crippen LogP) is 4.78. The predicted molar refractivity (Wildman–Crippen MR) is 143 cm³/mol. The monoisotopic (exact) mass is 527 g/mol. The number of hydrogen-bond donors (Lipinski definition) is 0. The number of ether oxygens (including phenoxy) is 1. The highest BCUT2D eigenvalue weighted by molar-refractivity contribution is 7.89. The average molecular weight is 528 g/mol. The van der Waals surface area contributed by atoms with Crippen LogP contribution in [0.25, 0.3) is 10.2 Å². The highest BCUT2D eigenvalue weighted by Crippen LogP contribution is 2.33. The molecule has 3 heterocycles. The molecule has 2 unspecified atom stereocenters. The highest BCUT2D eigenvalue weighted by atomic mass is 32.2. The zero-order chi connectivity index (χ0) is 25.3. The van der Waals surface area contributed by atoms with E-state index in [0.717, 1.165) is 35.0 Å². The molecule has 0 bridgehead atoms. The molecule has 1 aromatic heterocycles.